The van der Waals surface area contributed by atoms with Crippen molar-refractivity contribution in [1.29, 1.82) is 0 Å². The van der Waals surface area contributed by atoms with E-state index in [1.807, 2.05) is 29.1 Å². The van der Waals surface area contributed by atoms with Gasteiger partial charge in [0, 0.05) is 24.1 Å². The fourth-order valence-corrected chi connectivity index (χ4v) is 6.34. The number of anilines is 1. The Kier molecular flexibility index (Phi) is 7.07. The molecule has 6 rings (SSSR count). The van der Waals surface area contributed by atoms with Gasteiger partial charge in [0.1, 0.15) is 11.5 Å². The van der Waals surface area contributed by atoms with Crippen LogP contribution in [0.25, 0.3) is 5.69 Å². The third-order valence-electron chi connectivity index (χ3n) is 8.17. The Morgan fingerprint density at radius 3 is 2.70 bits per heavy atom. The summed E-state index contributed by atoms with van der Waals surface area (Å²) in [4.78, 5) is 17.3. The number of halogens is 1. The third-order valence-corrected chi connectivity index (χ3v) is 8.17. The highest BCUT2D eigenvalue weighted by Gasteiger charge is 2.37. The average molecular weight is 538 g/mol. The molecule has 0 bridgehead atoms. The maximum Gasteiger partial charge on any atom is 0.319 e. The zero-order chi connectivity index (χ0) is 27.6. The van der Waals surface area contributed by atoms with Gasteiger partial charge in [0.05, 0.1) is 30.7 Å². The second-order valence-corrected chi connectivity index (χ2v) is 10.5. The van der Waals surface area contributed by atoms with Gasteiger partial charge in [-0.1, -0.05) is 48.4 Å². The minimum atomic E-state index is -0.299. The minimum Gasteiger partial charge on any atom is -0.480 e. The molecule has 7 nitrogen and oxygen atoms in total. The predicted molar refractivity (Wildman–Crippen MR) is 152 cm³/mol. The quantitative estimate of drug-likeness (QED) is 0.256. The van der Waals surface area contributed by atoms with E-state index in [2.05, 4.69) is 39.8 Å². The highest BCUT2D eigenvalue weighted by molar-refractivity contribution is 5.90. The first-order valence-electron chi connectivity index (χ1n) is 13.7. The summed E-state index contributed by atoms with van der Waals surface area (Å²) < 4.78 is 20.8. The van der Waals surface area contributed by atoms with Crippen molar-refractivity contribution in [1.82, 2.24) is 20.1 Å². The smallest absolute Gasteiger partial charge is 0.319 e. The summed E-state index contributed by atoms with van der Waals surface area (Å²) in [6, 6.07) is 19.7. The molecule has 2 N–H and O–H groups in total. The van der Waals surface area contributed by atoms with Crippen LogP contribution in [0.3, 0.4) is 0 Å². The molecule has 0 aliphatic heterocycles. The first-order chi connectivity index (χ1) is 19.5. The van der Waals surface area contributed by atoms with E-state index in [0.717, 1.165) is 36.9 Å². The fraction of sp³-hybridized carbons (Fsp3) is 0.281. The Bertz CT molecular complexity index is 1550. The number of methoxy groups -OCH3 is 1. The summed E-state index contributed by atoms with van der Waals surface area (Å²) in [5.41, 5.74) is 7.80. The Balaban J connectivity index is 1.23. The molecular formula is C32H32FN5O2. The first-order valence-corrected chi connectivity index (χ1v) is 13.7. The lowest BCUT2D eigenvalue weighted by molar-refractivity contribution is 0.246. The summed E-state index contributed by atoms with van der Waals surface area (Å²) in [7, 11) is 1.53. The maximum absolute atomic E-state index is 13.5. The number of carbonyl (C=O) groups is 1. The van der Waals surface area contributed by atoms with E-state index in [-0.39, 0.29) is 23.8 Å². The number of hydrogen-bond donors (Lipinski definition) is 2. The molecule has 2 aromatic heterocycles. The molecule has 0 fully saturated rings. The van der Waals surface area contributed by atoms with Crippen molar-refractivity contribution in [3.8, 4) is 11.6 Å². The number of carbonyl (C=O) groups excluding carboxylic acids is 1. The molecular weight excluding hydrogens is 505 g/mol. The molecule has 204 valence electrons. The van der Waals surface area contributed by atoms with Crippen LogP contribution in [0.15, 0.2) is 90.3 Å². The van der Waals surface area contributed by atoms with Gasteiger partial charge in [-0.05, 0) is 67.1 Å². The van der Waals surface area contributed by atoms with Crippen LogP contribution in [-0.2, 0) is 6.42 Å². The maximum atomic E-state index is 13.5. The minimum absolute atomic E-state index is 0.170. The molecule has 0 radical (unpaired) electrons. The van der Waals surface area contributed by atoms with Crippen molar-refractivity contribution in [2.45, 2.75) is 44.6 Å². The number of hydrogen-bond acceptors (Lipinski definition) is 4. The Labute approximate surface area is 233 Å². The van der Waals surface area contributed by atoms with Gasteiger partial charge in [-0.25, -0.2) is 18.9 Å². The van der Waals surface area contributed by atoms with Crippen LogP contribution in [0.2, 0.25) is 0 Å². The van der Waals surface area contributed by atoms with Gasteiger partial charge in [0.15, 0.2) is 0 Å². The largest absolute Gasteiger partial charge is 0.480 e. The molecule has 2 heterocycles. The van der Waals surface area contributed by atoms with Gasteiger partial charge in [0.25, 0.3) is 0 Å². The standard InChI is InChI=1S/C32H32FN5O2/c1-20-26-19-35-38(25-14-12-24(33)13-15-25)29(26)18-23-11-10-22(30(20)23)17-28(21-7-4-3-5-8-21)37-32(39)36-27-9-6-16-34-31(27)40-2/h3-9,12-16,19-20,22,28H,10-11,17-18H2,1-2H3,(H2,36,37,39)/t20-,22+,28?/m0/s1. The van der Waals surface area contributed by atoms with Crippen LogP contribution in [0.5, 0.6) is 5.88 Å². The van der Waals surface area contributed by atoms with Crippen molar-refractivity contribution < 1.29 is 13.9 Å². The summed E-state index contributed by atoms with van der Waals surface area (Å²) in [6.45, 7) is 2.26. The molecule has 3 atom stereocenters. The van der Waals surface area contributed by atoms with Gasteiger partial charge in [0.2, 0.25) is 5.88 Å². The van der Waals surface area contributed by atoms with Gasteiger partial charge in [-0.2, -0.15) is 5.10 Å². The van der Waals surface area contributed by atoms with Crippen LogP contribution in [0.4, 0.5) is 14.9 Å². The molecule has 0 saturated carbocycles. The van der Waals surface area contributed by atoms with Crippen LogP contribution >= 0.6 is 0 Å². The number of nitrogens with one attached hydrogen (secondary N) is 2. The number of urea groups is 1. The number of fused-ring (bicyclic) bond motifs is 1. The molecule has 0 saturated heterocycles. The third kappa shape index (κ3) is 4.97. The van der Waals surface area contributed by atoms with Crippen LogP contribution < -0.4 is 15.4 Å². The number of amides is 2. The van der Waals surface area contributed by atoms with E-state index in [0.29, 0.717) is 17.5 Å². The van der Waals surface area contributed by atoms with E-state index in [4.69, 9.17) is 4.74 Å². The van der Waals surface area contributed by atoms with E-state index in [1.165, 1.54) is 41.6 Å². The molecule has 2 aliphatic carbocycles. The van der Waals surface area contributed by atoms with Crippen molar-refractivity contribution in [3.05, 3.63) is 113 Å². The number of allylic oxidation sites excluding steroid dienone is 2. The normalized spacial score (nSPS) is 18.6. The number of rotatable bonds is 7. The van der Waals surface area contributed by atoms with Crippen LogP contribution in [0.1, 0.15) is 55.0 Å². The lowest BCUT2D eigenvalue weighted by atomic mass is 9.78. The summed E-state index contributed by atoms with van der Waals surface area (Å²) >= 11 is 0. The molecule has 8 heteroatoms. The fourth-order valence-electron chi connectivity index (χ4n) is 6.34. The zero-order valence-electron chi connectivity index (χ0n) is 22.6. The van der Waals surface area contributed by atoms with Crippen molar-refractivity contribution in [2.75, 3.05) is 12.4 Å². The topological polar surface area (TPSA) is 81.1 Å². The highest BCUT2D eigenvalue weighted by atomic mass is 19.1. The number of benzene rings is 2. The molecule has 40 heavy (non-hydrogen) atoms. The summed E-state index contributed by atoms with van der Waals surface area (Å²) in [5.74, 6) is 0.681. The second kappa shape index (κ2) is 11.0. The van der Waals surface area contributed by atoms with Gasteiger partial charge in [-0.15, -0.1) is 0 Å². The van der Waals surface area contributed by atoms with Crippen LogP contribution in [-0.4, -0.2) is 27.9 Å². The van der Waals surface area contributed by atoms with Gasteiger partial charge < -0.3 is 15.4 Å². The SMILES string of the molecule is COc1ncccc1NC(=O)NC(C[C@H]1CCC2=C1[C@@H](C)c1cnn(-c3ccc(F)cc3)c1C2)c1ccccc1. The Hall–Kier alpha value is -4.46. The number of ether oxygens (including phenoxy) is 1. The van der Waals surface area contributed by atoms with E-state index in [1.54, 1.807) is 30.5 Å². The number of pyridine rings is 1. The number of nitrogens with zero attached hydrogens (tertiary/aromatic N) is 3. The zero-order valence-corrected chi connectivity index (χ0v) is 22.6. The molecule has 1 unspecified atom stereocenters. The average Bonchev–Trinajstić information content (AvgIpc) is 3.59. The monoisotopic (exact) mass is 537 g/mol. The van der Waals surface area contributed by atoms with Crippen molar-refractivity contribution >= 4 is 11.7 Å². The summed E-state index contributed by atoms with van der Waals surface area (Å²) in [6.07, 6.45) is 7.30. The first kappa shape index (κ1) is 25.8. The molecule has 4 aromatic rings. The molecule has 2 amide bonds. The van der Waals surface area contributed by atoms with Crippen molar-refractivity contribution in [3.63, 3.8) is 0 Å². The van der Waals surface area contributed by atoms with Gasteiger partial charge in [-0.3, -0.25) is 0 Å². The van der Waals surface area contributed by atoms with Crippen molar-refractivity contribution in [2.24, 2.45) is 5.92 Å². The Morgan fingerprint density at radius 2 is 1.93 bits per heavy atom. The molecule has 0 spiro atoms. The lowest BCUT2D eigenvalue weighted by Crippen LogP contribution is -2.34. The predicted octanol–water partition coefficient (Wildman–Crippen LogP) is 6.73. The lowest BCUT2D eigenvalue weighted by Gasteiger charge is -2.30. The number of aromatic nitrogens is 3. The molecule has 2 aliphatic rings. The van der Waals surface area contributed by atoms with Crippen LogP contribution in [0, 0.1) is 11.7 Å². The summed E-state index contributed by atoms with van der Waals surface area (Å²) in [5, 5.41) is 10.8. The second-order valence-electron chi connectivity index (χ2n) is 10.5. The van der Waals surface area contributed by atoms with E-state index in [9.17, 15) is 9.18 Å². The van der Waals surface area contributed by atoms with E-state index < -0.39 is 0 Å². The van der Waals surface area contributed by atoms with E-state index >= 15 is 0 Å². The Morgan fingerprint density at radius 1 is 1.12 bits per heavy atom. The molecule has 2 aromatic carbocycles. The van der Waals surface area contributed by atoms with Gasteiger partial charge >= 0.3 is 6.03 Å². The highest BCUT2D eigenvalue weighted by Crippen LogP contribution is 2.49.